The number of aromatic nitrogens is 2. The van der Waals surface area contributed by atoms with Crippen molar-refractivity contribution in [2.24, 2.45) is 0 Å². The number of thioether (sulfide) groups is 1. The predicted octanol–water partition coefficient (Wildman–Crippen LogP) is 4.00. The Morgan fingerprint density at radius 3 is 2.93 bits per heavy atom. The summed E-state index contributed by atoms with van der Waals surface area (Å²) >= 11 is 3.65. The van der Waals surface area contributed by atoms with Crippen molar-refractivity contribution in [1.82, 2.24) is 10.2 Å². The zero-order valence-electron chi connectivity index (χ0n) is 13.9. The molecule has 0 bridgehead atoms. The maximum Gasteiger partial charge on any atom is 0.350 e. The number of thiophene rings is 1. The summed E-state index contributed by atoms with van der Waals surface area (Å²) < 4.78 is 18.5. The zero-order chi connectivity index (χ0) is 19.2. The molecule has 1 aromatic carbocycles. The van der Waals surface area contributed by atoms with Gasteiger partial charge in [-0.05, 0) is 29.6 Å². The maximum atomic E-state index is 13.2. The van der Waals surface area contributed by atoms with Crippen LogP contribution in [0.3, 0.4) is 0 Å². The summed E-state index contributed by atoms with van der Waals surface area (Å²) in [5.74, 6) is -1.02. The Hall–Kier alpha value is -2.50. The van der Waals surface area contributed by atoms with Gasteiger partial charge in [0.1, 0.15) is 10.7 Å². The largest absolute Gasteiger partial charge is 0.465 e. The van der Waals surface area contributed by atoms with Gasteiger partial charge < -0.3 is 15.4 Å². The van der Waals surface area contributed by atoms with Gasteiger partial charge in [0, 0.05) is 5.69 Å². The van der Waals surface area contributed by atoms with Crippen molar-refractivity contribution in [3.05, 3.63) is 46.4 Å². The van der Waals surface area contributed by atoms with E-state index in [4.69, 9.17) is 0 Å². The van der Waals surface area contributed by atoms with Gasteiger partial charge in [-0.1, -0.05) is 29.2 Å². The molecule has 0 aliphatic heterocycles. The Kier molecular flexibility index (Phi) is 6.37. The molecule has 7 nitrogen and oxygen atoms in total. The Bertz CT molecular complexity index is 960. The van der Waals surface area contributed by atoms with Crippen LogP contribution in [0.5, 0.6) is 0 Å². The Morgan fingerprint density at radius 2 is 2.15 bits per heavy atom. The lowest BCUT2D eigenvalue weighted by molar-refractivity contribution is -0.113. The molecule has 0 unspecified atom stereocenters. The Balaban J connectivity index is 1.53. The van der Waals surface area contributed by atoms with E-state index in [0.29, 0.717) is 25.7 Å². The molecule has 0 spiro atoms. The second-order valence-electron chi connectivity index (χ2n) is 5.00. The van der Waals surface area contributed by atoms with Gasteiger partial charge in [-0.3, -0.25) is 4.79 Å². The molecule has 2 heterocycles. The number of anilines is 3. The third kappa shape index (κ3) is 5.25. The summed E-state index contributed by atoms with van der Waals surface area (Å²) in [4.78, 5) is 24.1. The van der Waals surface area contributed by atoms with Crippen LogP contribution in [0.25, 0.3) is 0 Å². The molecule has 0 saturated carbocycles. The van der Waals surface area contributed by atoms with Crippen molar-refractivity contribution in [3.8, 4) is 0 Å². The van der Waals surface area contributed by atoms with Gasteiger partial charge in [0.2, 0.25) is 11.0 Å². The van der Waals surface area contributed by atoms with Crippen LogP contribution in [0.1, 0.15) is 9.67 Å². The van der Waals surface area contributed by atoms with Crippen molar-refractivity contribution >= 4 is 62.8 Å². The van der Waals surface area contributed by atoms with Gasteiger partial charge in [-0.25, -0.2) is 9.18 Å². The van der Waals surface area contributed by atoms with Gasteiger partial charge in [0.25, 0.3) is 0 Å². The highest BCUT2D eigenvalue weighted by molar-refractivity contribution is 8.01. The van der Waals surface area contributed by atoms with Crippen molar-refractivity contribution in [3.63, 3.8) is 0 Å². The molecule has 0 aliphatic rings. The first-order valence-corrected chi connectivity index (χ1v) is 10.2. The number of nitrogens with zero attached hydrogens (tertiary/aromatic N) is 2. The number of hydrogen-bond acceptors (Lipinski definition) is 9. The van der Waals surface area contributed by atoms with E-state index in [9.17, 15) is 14.0 Å². The first-order chi connectivity index (χ1) is 13.0. The van der Waals surface area contributed by atoms with Crippen LogP contribution in [0.4, 0.5) is 20.9 Å². The molecule has 0 atom stereocenters. The number of esters is 1. The number of rotatable bonds is 7. The minimum absolute atomic E-state index is 0.102. The molecule has 0 fully saturated rings. The zero-order valence-corrected chi connectivity index (χ0v) is 16.3. The predicted molar refractivity (Wildman–Crippen MR) is 105 cm³/mol. The van der Waals surface area contributed by atoms with E-state index in [1.807, 2.05) is 0 Å². The number of ether oxygens (including phenoxy) is 1. The summed E-state index contributed by atoms with van der Waals surface area (Å²) in [6, 6.07) is 7.65. The average Bonchev–Trinajstić information content (AvgIpc) is 3.29. The quantitative estimate of drug-likeness (QED) is 0.437. The molecular formula is C16H13FN4O3S3. The summed E-state index contributed by atoms with van der Waals surface area (Å²) in [7, 11) is 1.29. The highest BCUT2D eigenvalue weighted by Crippen LogP contribution is 2.28. The molecule has 1 amide bonds. The van der Waals surface area contributed by atoms with E-state index in [-0.39, 0.29) is 17.5 Å². The van der Waals surface area contributed by atoms with Crippen molar-refractivity contribution < 1.29 is 18.7 Å². The van der Waals surface area contributed by atoms with E-state index in [2.05, 4.69) is 25.6 Å². The first kappa shape index (κ1) is 19.3. The number of benzene rings is 1. The van der Waals surface area contributed by atoms with E-state index in [1.54, 1.807) is 23.6 Å². The molecule has 3 rings (SSSR count). The highest BCUT2D eigenvalue weighted by atomic mass is 32.2. The lowest BCUT2D eigenvalue weighted by Crippen LogP contribution is -2.15. The number of halogens is 1. The first-order valence-electron chi connectivity index (χ1n) is 7.49. The fraction of sp³-hybridized carbons (Fsp3) is 0.125. The molecule has 0 saturated heterocycles. The molecule has 3 aromatic rings. The van der Waals surface area contributed by atoms with Crippen LogP contribution < -0.4 is 10.6 Å². The monoisotopic (exact) mass is 424 g/mol. The van der Waals surface area contributed by atoms with Crippen LogP contribution >= 0.6 is 34.4 Å². The van der Waals surface area contributed by atoms with Gasteiger partial charge in [-0.2, -0.15) is 0 Å². The molecule has 2 N–H and O–H groups in total. The third-order valence-electron chi connectivity index (χ3n) is 3.12. The fourth-order valence-electron chi connectivity index (χ4n) is 1.98. The van der Waals surface area contributed by atoms with E-state index in [0.717, 1.165) is 0 Å². The van der Waals surface area contributed by atoms with E-state index < -0.39 is 5.97 Å². The second kappa shape index (κ2) is 8.93. The van der Waals surface area contributed by atoms with Gasteiger partial charge >= 0.3 is 5.97 Å². The summed E-state index contributed by atoms with van der Waals surface area (Å²) in [6.45, 7) is 0. The van der Waals surface area contributed by atoms with E-state index >= 15 is 0 Å². The molecular weight excluding hydrogens is 411 g/mol. The lowest BCUT2D eigenvalue weighted by Gasteiger charge is -2.04. The van der Waals surface area contributed by atoms with Gasteiger partial charge in [0.15, 0.2) is 4.34 Å². The number of nitrogens with one attached hydrogen (secondary N) is 2. The van der Waals surface area contributed by atoms with Crippen molar-refractivity contribution in [1.29, 1.82) is 0 Å². The average molecular weight is 425 g/mol. The fourth-order valence-corrected chi connectivity index (χ4v) is 4.32. The molecule has 0 radical (unpaired) electrons. The van der Waals surface area contributed by atoms with Crippen LogP contribution in [-0.2, 0) is 9.53 Å². The topological polar surface area (TPSA) is 93.2 Å². The van der Waals surface area contributed by atoms with Crippen LogP contribution in [-0.4, -0.2) is 34.9 Å². The smallest absolute Gasteiger partial charge is 0.350 e. The number of methoxy groups -OCH3 is 1. The lowest BCUT2D eigenvalue weighted by atomic mass is 10.3. The standard InChI is InChI=1S/C16H13FN4O3S3/c1-24-14(23)13-11(5-6-25-13)19-12(22)8-26-16-21-20-15(27-16)18-10-4-2-3-9(17)7-10/h2-7H,8H2,1H3,(H,18,20)(H,19,22). The minimum Gasteiger partial charge on any atom is -0.465 e. The Morgan fingerprint density at radius 1 is 1.30 bits per heavy atom. The molecule has 27 heavy (non-hydrogen) atoms. The van der Waals surface area contributed by atoms with Crippen LogP contribution in [0, 0.1) is 5.82 Å². The van der Waals surface area contributed by atoms with Gasteiger partial charge in [0.05, 0.1) is 18.6 Å². The molecule has 0 aliphatic carbocycles. The number of hydrogen-bond donors (Lipinski definition) is 2. The normalized spacial score (nSPS) is 10.4. The second-order valence-corrected chi connectivity index (χ2v) is 8.12. The highest BCUT2D eigenvalue weighted by Gasteiger charge is 2.16. The number of amides is 1. The molecule has 140 valence electrons. The molecule has 11 heteroatoms. The minimum atomic E-state index is -0.495. The maximum absolute atomic E-state index is 13.2. The van der Waals surface area contributed by atoms with Gasteiger partial charge in [-0.15, -0.1) is 21.5 Å². The Labute approximate surface area is 166 Å². The summed E-state index contributed by atoms with van der Waals surface area (Å²) in [5.41, 5.74) is 0.983. The third-order valence-corrected chi connectivity index (χ3v) is 5.99. The van der Waals surface area contributed by atoms with Crippen molar-refractivity contribution in [2.45, 2.75) is 4.34 Å². The number of carbonyl (C=O) groups is 2. The number of carbonyl (C=O) groups excluding carboxylic acids is 2. The van der Waals surface area contributed by atoms with Crippen LogP contribution in [0.2, 0.25) is 0 Å². The SMILES string of the molecule is COC(=O)c1sccc1NC(=O)CSc1nnc(Nc2cccc(F)c2)s1. The van der Waals surface area contributed by atoms with Crippen molar-refractivity contribution in [2.75, 3.05) is 23.5 Å². The van der Waals surface area contributed by atoms with E-state index in [1.165, 1.54) is 53.7 Å². The summed E-state index contributed by atoms with van der Waals surface area (Å²) in [6.07, 6.45) is 0. The van der Waals surface area contributed by atoms with Crippen LogP contribution in [0.15, 0.2) is 40.1 Å². The summed E-state index contributed by atoms with van der Waals surface area (Å²) in [5, 5.41) is 15.8. The molecule has 2 aromatic heterocycles.